The van der Waals surface area contributed by atoms with E-state index in [4.69, 9.17) is 14.2 Å². The van der Waals surface area contributed by atoms with Gasteiger partial charge in [0.15, 0.2) is 5.82 Å². The molecule has 3 rings (SSSR count). The number of hydrogen-bond donors (Lipinski definition) is 1. The SMILES string of the molecule is COc1cccc(N2CC(C(=O)NCc3nc(OC)nc(OC)n3)CC2=O)c1. The van der Waals surface area contributed by atoms with Crippen LogP contribution in [-0.2, 0) is 16.1 Å². The van der Waals surface area contributed by atoms with Crippen LogP contribution in [0.25, 0.3) is 0 Å². The van der Waals surface area contributed by atoms with Crippen LogP contribution < -0.4 is 24.4 Å². The van der Waals surface area contributed by atoms with E-state index in [1.807, 2.05) is 6.07 Å². The molecule has 1 saturated heterocycles. The molecule has 28 heavy (non-hydrogen) atoms. The Bertz CT molecular complexity index is 853. The van der Waals surface area contributed by atoms with E-state index < -0.39 is 5.92 Å². The van der Waals surface area contributed by atoms with E-state index in [0.29, 0.717) is 23.8 Å². The van der Waals surface area contributed by atoms with Crippen LogP contribution in [0.15, 0.2) is 24.3 Å². The molecular formula is C18H21N5O5. The average molecular weight is 387 g/mol. The van der Waals surface area contributed by atoms with E-state index >= 15 is 0 Å². The second-order valence-electron chi connectivity index (χ2n) is 6.05. The van der Waals surface area contributed by atoms with Gasteiger partial charge in [-0.15, -0.1) is 4.98 Å². The van der Waals surface area contributed by atoms with Gasteiger partial charge in [0, 0.05) is 24.7 Å². The first-order valence-corrected chi connectivity index (χ1v) is 8.59. The smallest absolute Gasteiger partial charge is 0.322 e. The minimum Gasteiger partial charge on any atom is -0.497 e. The van der Waals surface area contributed by atoms with Crippen molar-refractivity contribution in [1.29, 1.82) is 0 Å². The van der Waals surface area contributed by atoms with Crippen molar-refractivity contribution in [2.75, 3.05) is 32.8 Å². The zero-order valence-electron chi connectivity index (χ0n) is 15.8. The summed E-state index contributed by atoms with van der Waals surface area (Å²) in [6.07, 6.45) is 0.132. The number of amides is 2. The molecule has 10 nitrogen and oxygen atoms in total. The highest BCUT2D eigenvalue weighted by atomic mass is 16.5. The second kappa shape index (κ2) is 8.51. The average Bonchev–Trinajstić information content (AvgIpc) is 3.13. The maximum Gasteiger partial charge on any atom is 0.322 e. The van der Waals surface area contributed by atoms with Crippen LogP contribution in [0.2, 0.25) is 0 Å². The molecule has 148 valence electrons. The molecule has 1 unspecified atom stereocenters. The molecule has 0 spiro atoms. The Morgan fingerprint density at radius 1 is 1.14 bits per heavy atom. The summed E-state index contributed by atoms with van der Waals surface area (Å²) in [6.45, 7) is 0.361. The summed E-state index contributed by atoms with van der Waals surface area (Å²) in [6, 6.07) is 7.36. The summed E-state index contributed by atoms with van der Waals surface area (Å²) >= 11 is 0. The van der Waals surface area contributed by atoms with Crippen molar-refractivity contribution in [3.05, 3.63) is 30.1 Å². The van der Waals surface area contributed by atoms with Crippen LogP contribution >= 0.6 is 0 Å². The number of methoxy groups -OCH3 is 3. The van der Waals surface area contributed by atoms with E-state index in [2.05, 4.69) is 20.3 Å². The van der Waals surface area contributed by atoms with Gasteiger partial charge in [-0.2, -0.15) is 9.97 Å². The highest BCUT2D eigenvalue weighted by Gasteiger charge is 2.35. The Morgan fingerprint density at radius 2 is 1.86 bits per heavy atom. The number of ether oxygens (including phenoxy) is 3. The van der Waals surface area contributed by atoms with E-state index in [-0.39, 0.29) is 36.8 Å². The van der Waals surface area contributed by atoms with Gasteiger partial charge < -0.3 is 24.4 Å². The van der Waals surface area contributed by atoms with Crippen molar-refractivity contribution in [1.82, 2.24) is 20.3 Å². The lowest BCUT2D eigenvalue weighted by atomic mass is 10.1. The van der Waals surface area contributed by atoms with E-state index in [0.717, 1.165) is 0 Å². The third-order valence-corrected chi connectivity index (χ3v) is 4.29. The molecule has 1 aromatic carbocycles. The zero-order chi connectivity index (χ0) is 20.1. The predicted octanol–water partition coefficient (Wildman–Crippen LogP) is 0.567. The van der Waals surface area contributed by atoms with E-state index in [1.54, 1.807) is 30.2 Å². The summed E-state index contributed by atoms with van der Waals surface area (Å²) in [7, 11) is 4.41. The Kier molecular flexibility index (Phi) is 5.87. The molecule has 1 atom stereocenters. The summed E-state index contributed by atoms with van der Waals surface area (Å²) in [5.74, 6) is 0.111. The molecule has 1 aromatic heterocycles. The summed E-state index contributed by atoms with van der Waals surface area (Å²) < 4.78 is 15.2. The maximum absolute atomic E-state index is 12.5. The third kappa shape index (κ3) is 4.27. The number of benzene rings is 1. The standard InChI is InChI=1S/C18H21N5O5/c1-26-13-6-4-5-12(8-13)23-10-11(7-15(23)24)16(25)19-9-14-20-17(27-2)22-18(21-14)28-3/h4-6,8,11H,7,9-10H2,1-3H3,(H,19,25). The van der Waals surface area contributed by atoms with Crippen LogP contribution in [0.4, 0.5) is 5.69 Å². The van der Waals surface area contributed by atoms with E-state index in [9.17, 15) is 9.59 Å². The number of nitrogens with one attached hydrogen (secondary N) is 1. The molecule has 1 fully saturated rings. The second-order valence-corrected chi connectivity index (χ2v) is 6.05. The van der Waals surface area contributed by atoms with Crippen molar-refractivity contribution in [3.63, 3.8) is 0 Å². The van der Waals surface area contributed by atoms with Crippen LogP contribution in [0.5, 0.6) is 17.8 Å². The molecule has 0 aliphatic carbocycles. The van der Waals surface area contributed by atoms with Crippen LogP contribution in [0, 0.1) is 5.92 Å². The van der Waals surface area contributed by atoms with Gasteiger partial charge in [0.05, 0.1) is 33.8 Å². The van der Waals surface area contributed by atoms with Crippen molar-refractivity contribution >= 4 is 17.5 Å². The highest BCUT2D eigenvalue weighted by molar-refractivity contribution is 6.00. The zero-order valence-corrected chi connectivity index (χ0v) is 15.8. The number of hydrogen-bond acceptors (Lipinski definition) is 8. The Hall–Kier alpha value is -3.43. The van der Waals surface area contributed by atoms with Gasteiger partial charge in [-0.05, 0) is 12.1 Å². The van der Waals surface area contributed by atoms with Gasteiger partial charge in [-0.3, -0.25) is 9.59 Å². The van der Waals surface area contributed by atoms with Gasteiger partial charge >= 0.3 is 12.0 Å². The lowest BCUT2D eigenvalue weighted by Crippen LogP contribution is -2.33. The quantitative estimate of drug-likeness (QED) is 0.733. The lowest BCUT2D eigenvalue weighted by Gasteiger charge is -2.17. The molecule has 1 N–H and O–H groups in total. The first-order valence-electron chi connectivity index (χ1n) is 8.59. The van der Waals surface area contributed by atoms with Crippen LogP contribution in [0.1, 0.15) is 12.2 Å². The third-order valence-electron chi connectivity index (χ3n) is 4.29. The van der Waals surface area contributed by atoms with Crippen molar-refractivity contribution in [2.45, 2.75) is 13.0 Å². The molecule has 0 radical (unpaired) electrons. The lowest BCUT2D eigenvalue weighted by molar-refractivity contribution is -0.126. The molecule has 0 bridgehead atoms. The fourth-order valence-corrected chi connectivity index (χ4v) is 2.86. The van der Waals surface area contributed by atoms with Gasteiger partial charge in [-0.1, -0.05) is 6.07 Å². The van der Waals surface area contributed by atoms with Crippen LogP contribution in [0.3, 0.4) is 0 Å². The number of aromatic nitrogens is 3. The predicted molar refractivity (Wildman–Crippen MR) is 98.2 cm³/mol. The van der Waals surface area contributed by atoms with E-state index in [1.165, 1.54) is 14.2 Å². The van der Waals surface area contributed by atoms with Crippen molar-refractivity contribution < 1.29 is 23.8 Å². The number of anilines is 1. The highest BCUT2D eigenvalue weighted by Crippen LogP contribution is 2.28. The molecule has 2 amide bonds. The number of carbonyl (C=O) groups excluding carboxylic acids is 2. The minimum absolute atomic E-state index is 0.0674. The molecule has 10 heteroatoms. The summed E-state index contributed by atoms with van der Waals surface area (Å²) in [5.41, 5.74) is 0.701. The topological polar surface area (TPSA) is 116 Å². The molecular weight excluding hydrogens is 366 g/mol. The van der Waals surface area contributed by atoms with Gasteiger partial charge in [0.1, 0.15) is 5.75 Å². The summed E-state index contributed by atoms with van der Waals surface area (Å²) in [4.78, 5) is 38.5. The monoisotopic (exact) mass is 387 g/mol. The van der Waals surface area contributed by atoms with Crippen molar-refractivity contribution in [3.8, 4) is 17.8 Å². The fourth-order valence-electron chi connectivity index (χ4n) is 2.86. The Balaban J connectivity index is 1.63. The number of nitrogens with zero attached hydrogens (tertiary/aromatic N) is 4. The molecule has 2 heterocycles. The first kappa shape index (κ1) is 19.3. The molecule has 2 aromatic rings. The molecule has 1 aliphatic rings. The largest absolute Gasteiger partial charge is 0.497 e. The van der Waals surface area contributed by atoms with Gasteiger partial charge in [-0.25, -0.2) is 0 Å². The number of carbonyl (C=O) groups is 2. The fraction of sp³-hybridized carbons (Fsp3) is 0.389. The number of rotatable bonds is 7. The Morgan fingerprint density at radius 3 is 2.50 bits per heavy atom. The summed E-state index contributed by atoms with van der Waals surface area (Å²) in [5, 5.41) is 2.75. The normalized spacial score (nSPS) is 16.0. The maximum atomic E-state index is 12.5. The Labute approximate surface area is 161 Å². The molecule has 0 saturated carbocycles. The minimum atomic E-state index is -0.468. The van der Waals surface area contributed by atoms with Crippen LogP contribution in [-0.4, -0.2) is 54.6 Å². The van der Waals surface area contributed by atoms with Crippen molar-refractivity contribution in [2.24, 2.45) is 5.92 Å². The van der Waals surface area contributed by atoms with Gasteiger partial charge in [0.2, 0.25) is 11.8 Å². The first-order chi connectivity index (χ1) is 13.5. The molecule has 1 aliphatic heterocycles. The van der Waals surface area contributed by atoms with Gasteiger partial charge in [0.25, 0.3) is 0 Å².